The molecule has 2 amide bonds. The van der Waals surface area contributed by atoms with Crippen LogP contribution in [-0.4, -0.2) is 39.0 Å². The first-order chi connectivity index (χ1) is 19.4. The smallest absolute Gasteiger partial charge is 0.310 e. The second-order valence-electron chi connectivity index (χ2n) is 7.95. The summed E-state index contributed by atoms with van der Waals surface area (Å²) >= 11 is 0. The van der Waals surface area contributed by atoms with Gasteiger partial charge in [0.1, 0.15) is 5.69 Å². The van der Waals surface area contributed by atoms with Gasteiger partial charge in [-0.25, -0.2) is 13.1 Å². The number of amides is 2. The van der Waals surface area contributed by atoms with E-state index in [1.807, 2.05) is 19.1 Å². The summed E-state index contributed by atoms with van der Waals surface area (Å²) in [6.45, 7) is 22.4. The van der Waals surface area contributed by atoms with Crippen LogP contribution in [-0.2, 0) is 23.9 Å². The monoisotopic (exact) mass is 586 g/mol. The molecule has 2 atom stereocenters. The first-order valence-electron chi connectivity index (χ1n) is 11.6. The van der Waals surface area contributed by atoms with Crippen molar-refractivity contribution in [3.05, 3.63) is 96.7 Å². The molecule has 0 saturated carbocycles. The fourth-order valence-corrected chi connectivity index (χ4v) is 2.65. The fourth-order valence-electron chi connectivity index (χ4n) is 2.65. The minimum Gasteiger partial charge on any atom is -0.394 e. The van der Waals surface area contributed by atoms with E-state index in [2.05, 4.69) is 25.1 Å². The van der Waals surface area contributed by atoms with Crippen LogP contribution in [0.3, 0.4) is 0 Å². The average molecular weight is 587 g/mol. The minimum absolute atomic E-state index is 0.0871. The predicted molar refractivity (Wildman–Crippen MR) is 149 cm³/mol. The normalized spacial score (nSPS) is 10.3. The maximum atomic E-state index is 10.9. The van der Waals surface area contributed by atoms with Gasteiger partial charge >= 0.3 is 11.9 Å². The molecule has 42 heavy (non-hydrogen) atoms. The molecule has 0 heterocycles. The number of carbonyl (C=O) groups excluding carboxylic acids is 4. The first-order valence-corrected chi connectivity index (χ1v) is 11.6. The van der Waals surface area contributed by atoms with E-state index in [1.54, 1.807) is 25.1 Å². The number of benzene rings is 2. The Kier molecular flexibility index (Phi) is 18.3. The van der Waals surface area contributed by atoms with E-state index in [-0.39, 0.29) is 29.2 Å². The van der Waals surface area contributed by atoms with Crippen molar-refractivity contribution in [2.75, 3.05) is 10.6 Å². The van der Waals surface area contributed by atoms with Gasteiger partial charge in [0, 0.05) is 64.4 Å². The number of esters is 2. The van der Waals surface area contributed by atoms with Crippen LogP contribution >= 0.6 is 0 Å². The highest BCUT2D eigenvalue weighted by Crippen LogP contribution is 2.29. The number of nitro benzene ring substituents is 1. The molecule has 0 saturated heterocycles. The van der Waals surface area contributed by atoms with Crippen LogP contribution in [0.2, 0.25) is 0 Å². The van der Waals surface area contributed by atoms with E-state index < -0.39 is 28.0 Å². The van der Waals surface area contributed by atoms with Gasteiger partial charge in [-0.05, 0) is 36.4 Å². The zero-order chi connectivity index (χ0) is 33.0. The van der Waals surface area contributed by atoms with Crippen molar-refractivity contribution in [3.63, 3.8) is 0 Å². The second kappa shape index (κ2) is 20.1. The van der Waals surface area contributed by atoms with Crippen molar-refractivity contribution >= 4 is 40.8 Å². The number of rotatable bonds is 5. The van der Waals surface area contributed by atoms with Crippen molar-refractivity contribution in [1.29, 1.82) is 0 Å². The molecule has 2 aromatic carbocycles. The zero-order valence-corrected chi connectivity index (χ0v) is 23.6. The Hall–Kier alpha value is -5.90. The Balaban J connectivity index is 0. The molecule has 2 unspecified atom stereocenters. The Morgan fingerprint density at radius 2 is 1.21 bits per heavy atom. The van der Waals surface area contributed by atoms with Crippen LogP contribution in [0.5, 0.6) is 0 Å². The van der Waals surface area contributed by atoms with Crippen LogP contribution in [0.4, 0.5) is 17.1 Å². The maximum Gasteiger partial charge on any atom is 0.310 e. The van der Waals surface area contributed by atoms with E-state index in [1.165, 1.54) is 39.8 Å². The van der Waals surface area contributed by atoms with Gasteiger partial charge < -0.3 is 30.3 Å². The third kappa shape index (κ3) is 18.4. The van der Waals surface area contributed by atoms with Gasteiger partial charge in [0.05, 0.1) is 4.92 Å². The molecular weight excluding hydrogens is 556 g/mol. The molecule has 0 radical (unpaired) electrons. The molecule has 2 rings (SSSR count). The summed E-state index contributed by atoms with van der Waals surface area (Å²) in [6.07, 6.45) is 0. The highest BCUT2D eigenvalue weighted by Gasteiger charge is 2.19. The molecule has 0 aromatic heterocycles. The number of carbonyl (C=O) groups is 4. The van der Waals surface area contributed by atoms with Gasteiger partial charge in [0.2, 0.25) is 23.9 Å². The third-order valence-corrected chi connectivity index (χ3v) is 4.40. The molecule has 16 nitrogen and oxygen atoms in total. The highest BCUT2D eigenvalue weighted by molar-refractivity contribution is 5.91. The van der Waals surface area contributed by atoms with Gasteiger partial charge in [-0.15, -0.1) is 10.1 Å². The Morgan fingerprint density at radius 3 is 1.55 bits per heavy atom. The lowest BCUT2D eigenvalue weighted by Gasteiger charge is -2.05. The number of nitrogens with zero attached hydrogens (tertiary/aromatic N) is 4. The van der Waals surface area contributed by atoms with Crippen LogP contribution in [0.25, 0.3) is 9.69 Å². The maximum absolute atomic E-state index is 10.9. The lowest BCUT2D eigenvalue weighted by atomic mass is 10.1. The van der Waals surface area contributed by atoms with Gasteiger partial charge in [-0.1, -0.05) is 0 Å². The lowest BCUT2D eigenvalue weighted by Crippen LogP contribution is -2.08. The van der Waals surface area contributed by atoms with Gasteiger partial charge in [-0.3, -0.25) is 29.3 Å². The summed E-state index contributed by atoms with van der Waals surface area (Å²) in [6, 6.07) is 11.1. The van der Waals surface area contributed by atoms with Crippen molar-refractivity contribution in [3.8, 4) is 0 Å². The van der Waals surface area contributed by atoms with E-state index in [9.17, 15) is 29.3 Å². The number of hydrogen-bond acceptors (Lipinski definition) is 9. The number of ether oxygens (including phenoxy) is 1. The second-order valence-corrected chi connectivity index (χ2v) is 7.95. The molecule has 16 heteroatoms. The SMILES string of the molecule is CC(=O)OC(C)=O.O=[N+]([O-])O.[C-]#[N+]C(C)c1ccc(NC(C)=O)c([N+](=O)[O-])c1.[C-]#[N+]C(C)c1ccc(NC(C)=O)cc1. The summed E-state index contributed by atoms with van der Waals surface area (Å²) in [5.74, 6) is -1.59. The quantitative estimate of drug-likeness (QED) is 0.141. The molecule has 2 aromatic rings. The zero-order valence-electron chi connectivity index (χ0n) is 23.6. The van der Waals surface area contributed by atoms with E-state index in [0.717, 1.165) is 11.3 Å². The van der Waals surface area contributed by atoms with Crippen LogP contribution in [0, 0.1) is 33.4 Å². The highest BCUT2D eigenvalue weighted by atomic mass is 16.9. The number of nitrogens with one attached hydrogen (secondary N) is 2. The van der Waals surface area contributed by atoms with Crippen LogP contribution in [0.15, 0.2) is 42.5 Å². The Bertz CT molecular complexity index is 1330. The van der Waals surface area contributed by atoms with Gasteiger partial charge in [0.25, 0.3) is 10.8 Å². The first kappa shape index (κ1) is 38.2. The average Bonchev–Trinajstić information content (AvgIpc) is 2.87. The summed E-state index contributed by atoms with van der Waals surface area (Å²) in [4.78, 5) is 66.6. The fraction of sp³-hybridized carbons (Fsp3) is 0.308. The number of hydrogen-bond donors (Lipinski definition) is 3. The molecule has 224 valence electrons. The standard InChI is InChI=1S/C11H11N3O3.C11H12N2O.C4H6O3.HNO3/c1-7(12-3)9-4-5-10(13-8(2)15)11(6-9)14(16)17;1-8(12-3)10-4-6-11(7-5-10)13-9(2)14;1-3(5)7-4(2)6;2-1(3)4/h4-7H,1-2H3,(H,13,15);4-8H,1-2H3,(H,13,14);1-2H3;(H,2,3,4). The van der Waals surface area contributed by atoms with Gasteiger partial charge in [0.15, 0.2) is 0 Å². The third-order valence-electron chi connectivity index (χ3n) is 4.40. The number of anilines is 2. The molecule has 0 spiro atoms. The lowest BCUT2D eigenvalue weighted by molar-refractivity contribution is -0.742. The van der Waals surface area contributed by atoms with E-state index in [0.29, 0.717) is 5.56 Å². The summed E-state index contributed by atoms with van der Waals surface area (Å²) in [5.41, 5.74) is 2.23. The van der Waals surface area contributed by atoms with Crippen LogP contribution in [0.1, 0.15) is 64.8 Å². The topological polar surface area (TPSA) is 217 Å². The van der Waals surface area contributed by atoms with Crippen molar-refractivity contribution < 1.29 is 39.1 Å². The van der Waals surface area contributed by atoms with Gasteiger partial charge in [-0.2, -0.15) is 0 Å². The predicted octanol–water partition coefficient (Wildman–Crippen LogP) is 4.91. The molecule has 3 N–H and O–H groups in total. The van der Waals surface area contributed by atoms with E-state index in [4.69, 9.17) is 28.5 Å². The van der Waals surface area contributed by atoms with E-state index >= 15 is 0 Å². The molecular formula is C26H30N6O10. The Morgan fingerprint density at radius 1 is 0.810 bits per heavy atom. The van der Waals surface area contributed by atoms with Crippen molar-refractivity contribution in [2.24, 2.45) is 0 Å². The Labute approximate surface area is 241 Å². The summed E-state index contributed by atoms with van der Waals surface area (Å²) in [5, 5.41) is 29.5. The number of nitro groups is 1. The van der Waals surface area contributed by atoms with Crippen molar-refractivity contribution in [1.82, 2.24) is 0 Å². The largest absolute Gasteiger partial charge is 0.394 e. The molecule has 0 bridgehead atoms. The van der Waals surface area contributed by atoms with Crippen LogP contribution < -0.4 is 10.6 Å². The molecule has 0 aliphatic rings. The molecule has 0 aliphatic heterocycles. The summed E-state index contributed by atoms with van der Waals surface area (Å²) < 4.78 is 3.97. The molecule has 0 fully saturated rings. The summed E-state index contributed by atoms with van der Waals surface area (Å²) in [7, 11) is 0. The van der Waals surface area contributed by atoms with Crippen molar-refractivity contribution in [2.45, 2.75) is 53.6 Å². The molecule has 0 aliphatic carbocycles. The minimum atomic E-state index is -1.50.